The van der Waals surface area contributed by atoms with Crippen LogP contribution in [0.25, 0.3) is 0 Å². The van der Waals surface area contributed by atoms with Gasteiger partial charge in [0.2, 0.25) is 0 Å². The van der Waals surface area contributed by atoms with Crippen LogP contribution in [-0.4, -0.2) is 13.2 Å². The lowest BCUT2D eigenvalue weighted by atomic mass is 10.2. The molecule has 4 heteroatoms. The van der Waals surface area contributed by atoms with Gasteiger partial charge in [-0.2, -0.15) is 0 Å². The van der Waals surface area contributed by atoms with Crippen molar-refractivity contribution in [3.05, 3.63) is 27.3 Å². The van der Waals surface area contributed by atoms with E-state index in [1.54, 1.807) is 0 Å². The molecular formula is C9H10INO2. The van der Waals surface area contributed by atoms with Crippen LogP contribution >= 0.6 is 22.6 Å². The monoisotopic (exact) mass is 291 g/mol. The molecule has 1 rings (SSSR count). The topological polar surface area (TPSA) is 38.3 Å². The highest BCUT2D eigenvalue weighted by atomic mass is 127. The number of halogens is 1. The van der Waals surface area contributed by atoms with E-state index in [0.717, 1.165) is 14.8 Å². The van der Waals surface area contributed by atoms with Gasteiger partial charge in [0.1, 0.15) is 0 Å². The minimum absolute atomic E-state index is 0.443. The van der Waals surface area contributed by atoms with Crippen LogP contribution in [0.2, 0.25) is 0 Å². The van der Waals surface area contributed by atoms with Gasteiger partial charge in [-0.1, -0.05) is 0 Å². The van der Waals surface area contributed by atoms with Crippen LogP contribution in [0.1, 0.15) is 5.56 Å². The van der Waals surface area contributed by atoms with E-state index in [9.17, 15) is 4.79 Å². The molecule has 0 aliphatic rings. The first-order valence-electron chi connectivity index (χ1n) is 3.74. The Morgan fingerprint density at radius 1 is 1.46 bits per heavy atom. The number of carbonyl (C=O) groups is 1. The molecule has 1 amide bonds. The summed E-state index contributed by atoms with van der Waals surface area (Å²) in [5.74, 6) is 0. The number of hydrogen-bond acceptors (Lipinski definition) is 2. The van der Waals surface area contributed by atoms with Crippen LogP contribution in [-0.2, 0) is 4.74 Å². The Morgan fingerprint density at radius 2 is 2.15 bits per heavy atom. The van der Waals surface area contributed by atoms with Crippen LogP contribution in [0.4, 0.5) is 10.5 Å². The van der Waals surface area contributed by atoms with Crippen molar-refractivity contribution in [2.75, 3.05) is 12.4 Å². The van der Waals surface area contributed by atoms with Gasteiger partial charge in [-0.25, -0.2) is 4.79 Å². The Bertz CT molecular complexity index is 305. The van der Waals surface area contributed by atoms with Gasteiger partial charge in [-0.3, -0.25) is 5.32 Å². The molecule has 0 saturated carbocycles. The fourth-order valence-electron chi connectivity index (χ4n) is 0.977. The van der Waals surface area contributed by atoms with Gasteiger partial charge in [0.05, 0.1) is 7.11 Å². The SMILES string of the molecule is COC(=O)Nc1cc(C)cc(I)c1. The van der Waals surface area contributed by atoms with Crippen molar-refractivity contribution < 1.29 is 9.53 Å². The molecule has 1 aromatic rings. The maximum atomic E-state index is 10.9. The molecule has 0 spiro atoms. The standard InChI is InChI=1S/C9H10INO2/c1-6-3-7(10)5-8(4-6)11-9(12)13-2/h3-5H,1-2H3,(H,11,12). The molecule has 0 heterocycles. The van der Waals surface area contributed by atoms with Crippen molar-refractivity contribution in [1.82, 2.24) is 0 Å². The highest BCUT2D eigenvalue weighted by molar-refractivity contribution is 14.1. The summed E-state index contributed by atoms with van der Waals surface area (Å²) in [6.07, 6.45) is -0.443. The summed E-state index contributed by atoms with van der Waals surface area (Å²) in [5.41, 5.74) is 1.87. The van der Waals surface area contributed by atoms with Crippen molar-refractivity contribution in [3.8, 4) is 0 Å². The lowest BCUT2D eigenvalue weighted by Crippen LogP contribution is -2.11. The average molecular weight is 291 g/mol. The highest BCUT2D eigenvalue weighted by Gasteiger charge is 2.01. The fraction of sp³-hybridized carbons (Fsp3) is 0.222. The summed E-state index contributed by atoms with van der Waals surface area (Å²) >= 11 is 2.20. The van der Waals surface area contributed by atoms with E-state index in [-0.39, 0.29) is 0 Å². The quantitative estimate of drug-likeness (QED) is 0.808. The Hall–Kier alpha value is -0.780. The summed E-state index contributed by atoms with van der Waals surface area (Å²) in [7, 11) is 1.34. The van der Waals surface area contributed by atoms with Crippen LogP contribution in [0.5, 0.6) is 0 Å². The smallest absolute Gasteiger partial charge is 0.411 e. The summed E-state index contributed by atoms with van der Waals surface area (Å²) in [5, 5.41) is 2.61. The average Bonchev–Trinajstić information content (AvgIpc) is 2.02. The van der Waals surface area contributed by atoms with Crippen molar-refractivity contribution in [2.45, 2.75) is 6.92 Å². The van der Waals surface area contributed by atoms with Crippen molar-refractivity contribution in [2.24, 2.45) is 0 Å². The zero-order valence-electron chi connectivity index (χ0n) is 7.43. The van der Waals surface area contributed by atoms with Gasteiger partial charge in [0, 0.05) is 9.26 Å². The lowest BCUT2D eigenvalue weighted by molar-refractivity contribution is 0.187. The third kappa shape index (κ3) is 3.22. The molecule has 0 atom stereocenters. The Kier molecular flexibility index (Phi) is 3.53. The fourth-order valence-corrected chi connectivity index (χ4v) is 1.80. The van der Waals surface area contributed by atoms with Gasteiger partial charge in [-0.05, 0) is 53.3 Å². The number of benzene rings is 1. The van der Waals surface area contributed by atoms with E-state index >= 15 is 0 Å². The second-order valence-corrected chi connectivity index (χ2v) is 3.88. The van der Waals surface area contributed by atoms with Gasteiger partial charge < -0.3 is 4.74 Å². The molecule has 0 unspecified atom stereocenters. The maximum absolute atomic E-state index is 10.9. The first-order chi connectivity index (χ1) is 6.11. The number of hydrogen-bond donors (Lipinski definition) is 1. The first-order valence-corrected chi connectivity index (χ1v) is 4.82. The normalized spacial score (nSPS) is 9.46. The largest absolute Gasteiger partial charge is 0.453 e. The Labute approximate surface area is 90.6 Å². The maximum Gasteiger partial charge on any atom is 0.411 e. The van der Waals surface area contributed by atoms with Crippen LogP contribution < -0.4 is 5.32 Å². The second-order valence-electron chi connectivity index (χ2n) is 2.63. The van der Waals surface area contributed by atoms with E-state index in [4.69, 9.17) is 0 Å². The van der Waals surface area contributed by atoms with Crippen LogP contribution in [0.15, 0.2) is 18.2 Å². The molecule has 3 nitrogen and oxygen atoms in total. The summed E-state index contributed by atoms with van der Waals surface area (Å²) in [6.45, 7) is 1.98. The minimum Gasteiger partial charge on any atom is -0.453 e. The van der Waals surface area contributed by atoms with Gasteiger partial charge in [0.15, 0.2) is 0 Å². The number of rotatable bonds is 1. The molecule has 13 heavy (non-hydrogen) atoms. The number of aryl methyl sites for hydroxylation is 1. The van der Waals surface area contributed by atoms with Crippen molar-refractivity contribution in [3.63, 3.8) is 0 Å². The molecule has 70 valence electrons. The molecule has 0 fully saturated rings. The highest BCUT2D eigenvalue weighted by Crippen LogP contribution is 2.15. The van der Waals surface area contributed by atoms with E-state index < -0.39 is 6.09 Å². The molecule has 1 aromatic carbocycles. The van der Waals surface area contributed by atoms with E-state index in [1.165, 1.54) is 7.11 Å². The van der Waals surface area contributed by atoms with Crippen molar-refractivity contribution >= 4 is 34.4 Å². The Balaban J connectivity index is 2.83. The second kappa shape index (κ2) is 4.45. The molecule has 0 aromatic heterocycles. The lowest BCUT2D eigenvalue weighted by Gasteiger charge is -2.04. The predicted octanol–water partition coefficient (Wildman–Crippen LogP) is 2.78. The molecule has 0 saturated heterocycles. The predicted molar refractivity (Wildman–Crippen MR) is 59.9 cm³/mol. The van der Waals surface area contributed by atoms with Crippen LogP contribution in [0.3, 0.4) is 0 Å². The van der Waals surface area contributed by atoms with Gasteiger partial charge in [-0.15, -0.1) is 0 Å². The number of ether oxygens (including phenoxy) is 1. The summed E-state index contributed by atoms with van der Waals surface area (Å²) < 4.78 is 5.57. The summed E-state index contributed by atoms with van der Waals surface area (Å²) in [4.78, 5) is 10.9. The molecule has 0 radical (unpaired) electrons. The third-order valence-corrected chi connectivity index (χ3v) is 2.10. The number of amides is 1. The van der Waals surface area contributed by atoms with E-state index in [2.05, 4.69) is 32.6 Å². The van der Waals surface area contributed by atoms with E-state index in [0.29, 0.717) is 0 Å². The third-order valence-electron chi connectivity index (χ3n) is 1.47. The Morgan fingerprint density at radius 3 is 2.69 bits per heavy atom. The summed E-state index contributed by atoms with van der Waals surface area (Å²) in [6, 6.07) is 5.80. The molecular weight excluding hydrogens is 281 g/mol. The number of nitrogens with one attached hydrogen (secondary N) is 1. The zero-order valence-corrected chi connectivity index (χ0v) is 9.58. The van der Waals surface area contributed by atoms with Crippen molar-refractivity contribution in [1.29, 1.82) is 0 Å². The molecule has 0 aliphatic carbocycles. The number of anilines is 1. The first kappa shape index (κ1) is 10.3. The van der Waals surface area contributed by atoms with Gasteiger partial charge in [0.25, 0.3) is 0 Å². The minimum atomic E-state index is -0.443. The molecule has 1 N–H and O–H groups in total. The zero-order chi connectivity index (χ0) is 9.84. The van der Waals surface area contributed by atoms with Crippen LogP contribution in [0, 0.1) is 10.5 Å². The molecule has 0 bridgehead atoms. The molecule has 0 aliphatic heterocycles. The van der Waals surface area contributed by atoms with Gasteiger partial charge >= 0.3 is 6.09 Å². The van der Waals surface area contributed by atoms with E-state index in [1.807, 2.05) is 25.1 Å². The number of carbonyl (C=O) groups excluding carboxylic acids is 1. The number of methoxy groups -OCH3 is 1.